The van der Waals surface area contributed by atoms with Crippen LogP contribution < -0.4 is 0 Å². The molecule has 2 rings (SSSR count). The molecule has 0 spiro atoms. The van der Waals surface area contributed by atoms with E-state index in [2.05, 4.69) is 0 Å². The maximum atomic E-state index is 8.64. The number of hydrogen-bond acceptors (Lipinski definition) is 3. The van der Waals surface area contributed by atoms with E-state index in [-0.39, 0.29) is 6.61 Å². The average Bonchev–Trinajstić information content (AvgIpc) is 2.58. The Morgan fingerprint density at radius 3 is 3.00 bits per heavy atom. The van der Waals surface area contributed by atoms with Gasteiger partial charge in [0.05, 0.1) is 18.3 Å². The van der Waals surface area contributed by atoms with E-state index in [1.165, 1.54) is 0 Å². The first-order valence-electron chi connectivity index (χ1n) is 4.78. The van der Waals surface area contributed by atoms with Crippen LogP contribution in [-0.4, -0.2) is 36.6 Å². The summed E-state index contributed by atoms with van der Waals surface area (Å²) in [6.07, 6.45) is 4.97. The van der Waals surface area contributed by atoms with Gasteiger partial charge in [-0.3, -0.25) is 0 Å². The zero-order valence-corrected chi connectivity index (χ0v) is 7.24. The van der Waals surface area contributed by atoms with Gasteiger partial charge < -0.3 is 14.6 Å². The van der Waals surface area contributed by atoms with Crippen LogP contribution in [0.5, 0.6) is 0 Å². The molecule has 0 aliphatic carbocycles. The topological polar surface area (TPSA) is 38.7 Å². The van der Waals surface area contributed by atoms with Gasteiger partial charge in [0, 0.05) is 19.6 Å². The van der Waals surface area contributed by atoms with Crippen LogP contribution in [0.15, 0.2) is 0 Å². The fourth-order valence-corrected chi connectivity index (χ4v) is 2.07. The third-order valence-corrected chi connectivity index (χ3v) is 2.70. The van der Waals surface area contributed by atoms with Crippen LogP contribution in [0, 0.1) is 0 Å². The summed E-state index contributed by atoms with van der Waals surface area (Å²) in [4.78, 5) is 0. The molecule has 12 heavy (non-hydrogen) atoms. The summed E-state index contributed by atoms with van der Waals surface area (Å²) >= 11 is 0. The molecule has 2 aliphatic rings. The molecule has 70 valence electrons. The summed E-state index contributed by atoms with van der Waals surface area (Å²) < 4.78 is 11.3. The van der Waals surface area contributed by atoms with E-state index in [4.69, 9.17) is 14.6 Å². The first-order chi connectivity index (χ1) is 5.90. The van der Waals surface area contributed by atoms with Crippen LogP contribution in [0.4, 0.5) is 0 Å². The predicted octanol–water partition coefficient (Wildman–Crippen LogP) is 0.705. The van der Waals surface area contributed by atoms with E-state index >= 15 is 0 Å². The molecule has 0 radical (unpaired) electrons. The lowest BCUT2D eigenvalue weighted by molar-refractivity contribution is 0.0323. The highest BCUT2D eigenvalue weighted by molar-refractivity contribution is 4.86. The molecule has 0 amide bonds. The van der Waals surface area contributed by atoms with Gasteiger partial charge in [0.25, 0.3) is 0 Å². The maximum Gasteiger partial charge on any atom is 0.0863 e. The highest BCUT2D eigenvalue weighted by Gasteiger charge is 2.38. The Labute approximate surface area is 72.7 Å². The number of aliphatic hydroxyl groups is 1. The second kappa shape index (κ2) is 3.73. The number of hydrogen-bond donors (Lipinski definition) is 1. The van der Waals surface area contributed by atoms with Crippen LogP contribution >= 0.6 is 0 Å². The van der Waals surface area contributed by atoms with Crippen LogP contribution in [0.25, 0.3) is 0 Å². The molecule has 0 aromatic heterocycles. The van der Waals surface area contributed by atoms with Crippen LogP contribution in [0.2, 0.25) is 0 Å². The van der Waals surface area contributed by atoms with Gasteiger partial charge in [-0.05, 0) is 19.3 Å². The third kappa shape index (κ3) is 1.63. The Morgan fingerprint density at radius 1 is 1.33 bits per heavy atom. The Bertz CT molecular complexity index is 137. The summed E-state index contributed by atoms with van der Waals surface area (Å²) in [5.74, 6) is 0. The molecule has 0 saturated carbocycles. The van der Waals surface area contributed by atoms with Gasteiger partial charge in [-0.15, -0.1) is 0 Å². The van der Waals surface area contributed by atoms with Crippen molar-refractivity contribution in [2.45, 2.75) is 44.0 Å². The molecule has 3 heteroatoms. The van der Waals surface area contributed by atoms with Gasteiger partial charge >= 0.3 is 0 Å². The minimum absolute atomic E-state index is 0.274. The fourth-order valence-electron chi connectivity index (χ4n) is 2.07. The van der Waals surface area contributed by atoms with E-state index < -0.39 is 0 Å². The molecule has 3 atom stereocenters. The summed E-state index contributed by atoms with van der Waals surface area (Å²) in [7, 11) is 0. The van der Waals surface area contributed by atoms with Crippen molar-refractivity contribution < 1.29 is 14.6 Å². The quantitative estimate of drug-likeness (QED) is 0.681. The lowest BCUT2D eigenvalue weighted by Crippen LogP contribution is -2.13. The maximum absolute atomic E-state index is 8.64. The molecule has 3 unspecified atom stereocenters. The highest BCUT2D eigenvalue weighted by atomic mass is 16.6. The lowest BCUT2D eigenvalue weighted by atomic mass is 10.1. The van der Waals surface area contributed by atoms with Crippen molar-refractivity contribution in [1.29, 1.82) is 0 Å². The van der Waals surface area contributed by atoms with E-state index in [1.807, 2.05) is 0 Å². The van der Waals surface area contributed by atoms with Crippen molar-refractivity contribution in [2.75, 3.05) is 13.2 Å². The monoisotopic (exact) mass is 172 g/mol. The van der Waals surface area contributed by atoms with Crippen molar-refractivity contribution in [3.05, 3.63) is 0 Å². The zero-order chi connectivity index (χ0) is 8.39. The molecule has 2 heterocycles. The van der Waals surface area contributed by atoms with Crippen molar-refractivity contribution >= 4 is 0 Å². The summed E-state index contributed by atoms with van der Waals surface area (Å²) in [6, 6.07) is 0. The van der Waals surface area contributed by atoms with Crippen LogP contribution in [-0.2, 0) is 9.47 Å². The first kappa shape index (κ1) is 8.48. The minimum Gasteiger partial charge on any atom is -0.396 e. The second-order valence-corrected chi connectivity index (χ2v) is 3.60. The number of fused-ring (bicyclic) bond motifs is 1. The molecule has 3 nitrogen and oxygen atoms in total. The van der Waals surface area contributed by atoms with E-state index in [9.17, 15) is 0 Å². The minimum atomic E-state index is 0.274. The summed E-state index contributed by atoms with van der Waals surface area (Å²) in [6.45, 7) is 1.14. The van der Waals surface area contributed by atoms with Gasteiger partial charge in [-0.25, -0.2) is 0 Å². The Morgan fingerprint density at radius 2 is 2.25 bits per heavy atom. The van der Waals surface area contributed by atoms with Crippen LogP contribution in [0.3, 0.4) is 0 Å². The molecular weight excluding hydrogens is 156 g/mol. The Hall–Kier alpha value is -0.120. The van der Waals surface area contributed by atoms with Gasteiger partial charge in [-0.1, -0.05) is 0 Å². The van der Waals surface area contributed by atoms with E-state index in [1.54, 1.807) is 0 Å². The summed E-state index contributed by atoms with van der Waals surface area (Å²) in [5, 5.41) is 8.64. The highest BCUT2D eigenvalue weighted by Crippen LogP contribution is 2.31. The Kier molecular flexibility index (Phi) is 2.63. The van der Waals surface area contributed by atoms with Crippen molar-refractivity contribution in [1.82, 2.24) is 0 Å². The lowest BCUT2D eigenvalue weighted by Gasteiger charge is -2.09. The number of aliphatic hydroxyl groups excluding tert-OH is 1. The molecule has 2 fully saturated rings. The van der Waals surface area contributed by atoms with Crippen molar-refractivity contribution in [3.8, 4) is 0 Å². The molecule has 2 saturated heterocycles. The van der Waals surface area contributed by atoms with Crippen molar-refractivity contribution in [2.24, 2.45) is 0 Å². The molecule has 1 N–H and O–H groups in total. The molecular formula is C9H16O3. The van der Waals surface area contributed by atoms with E-state index in [0.29, 0.717) is 18.3 Å². The van der Waals surface area contributed by atoms with Crippen LogP contribution in [0.1, 0.15) is 25.7 Å². The molecule has 0 bridgehead atoms. The van der Waals surface area contributed by atoms with Crippen molar-refractivity contribution in [3.63, 3.8) is 0 Å². The average molecular weight is 172 g/mol. The molecule has 0 aromatic rings. The largest absolute Gasteiger partial charge is 0.396 e. The van der Waals surface area contributed by atoms with Gasteiger partial charge in [0.15, 0.2) is 0 Å². The smallest absolute Gasteiger partial charge is 0.0863 e. The zero-order valence-electron chi connectivity index (χ0n) is 7.24. The molecule has 0 aromatic carbocycles. The third-order valence-electron chi connectivity index (χ3n) is 2.70. The fraction of sp³-hybridized carbons (Fsp3) is 1.00. The van der Waals surface area contributed by atoms with Gasteiger partial charge in [0.1, 0.15) is 0 Å². The second-order valence-electron chi connectivity index (χ2n) is 3.60. The number of rotatable bonds is 3. The number of ether oxygens (including phenoxy) is 2. The van der Waals surface area contributed by atoms with Gasteiger partial charge in [0.2, 0.25) is 0 Å². The standard InChI is InChI=1S/C9H16O3/c10-4-1-2-7-6-9-8(12-7)3-5-11-9/h7-10H,1-6H2. The molecule has 2 aliphatic heterocycles. The van der Waals surface area contributed by atoms with E-state index in [0.717, 1.165) is 32.3 Å². The summed E-state index contributed by atoms with van der Waals surface area (Å²) in [5.41, 5.74) is 0. The Balaban J connectivity index is 1.75. The van der Waals surface area contributed by atoms with Gasteiger partial charge in [-0.2, -0.15) is 0 Å². The predicted molar refractivity (Wildman–Crippen MR) is 44.0 cm³/mol. The normalized spacial score (nSPS) is 40.2. The first-order valence-corrected chi connectivity index (χ1v) is 4.78. The SMILES string of the molecule is OCCCC1CC2OCCC2O1.